The Morgan fingerprint density at radius 2 is 1.24 bits per heavy atom. The molecule has 0 radical (unpaired) electrons. The predicted molar refractivity (Wildman–Crippen MR) is 89.9 cm³/mol. The maximum atomic E-state index is 12.9. The number of imide groups is 2. The van der Waals surface area contributed by atoms with Crippen molar-refractivity contribution < 1.29 is 19.2 Å². The molecule has 2 aliphatic heterocycles. The number of barbiturate groups is 1. The van der Waals surface area contributed by atoms with Crippen LogP contribution in [0.1, 0.15) is 21.8 Å². The summed E-state index contributed by atoms with van der Waals surface area (Å²) >= 11 is 2.64. The molecule has 25 heavy (non-hydrogen) atoms. The van der Waals surface area contributed by atoms with Gasteiger partial charge >= 0.3 is 12.1 Å². The van der Waals surface area contributed by atoms with Gasteiger partial charge in [0.1, 0.15) is 0 Å². The number of thiophene rings is 2. The molecular formula is C15H12N4O4S2. The van der Waals surface area contributed by atoms with Crippen molar-refractivity contribution in [3.8, 4) is 0 Å². The van der Waals surface area contributed by atoms with Gasteiger partial charge in [-0.3, -0.25) is 20.2 Å². The molecule has 2 fully saturated rings. The van der Waals surface area contributed by atoms with E-state index in [0.29, 0.717) is 9.75 Å². The molecule has 4 heterocycles. The Labute approximate surface area is 149 Å². The van der Waals surface area contributed by atoms with Gasteiger partial charge in [-0.15, -0.1) is 22.7 Å². The molecule has 10 heteroatoms. The Morgan fingerprint density at radius 1 is 0.760 bits per heavy atom. The van der Waals surface area contributed by atoms with E-state index >= 15 is 0 Å². The zero-order valence-electron chi connectivity index (χ0n) is 12.6. The summed E-state index contributed by atoms with van der Waals surface area (Å²) in [5, 5.41) is 13.3. The van der Waals surface area contributed by atoms with Gasteiger partial charge in [0.15, 0.2) is 5.41 Å². The molecule has 2 atom stereocenters. The fourth-order valence-corrected chi connectivity index (χ4v) is 4.98. The zero-order chi connectivity index (χ0) is 17.6. The van der Waals surface area contributed by atoms with Gasteiger partial charge < -0.3 is 10.6 Å². The third kappa shape index (κ3) is 2.25. The Hall–Kier alpha value is -2.72. The van der Waals surface area contributed by atoms with Crippen LogP contribution in [0.4, 0.5) is 9.59 Å². The summed E-state index contributed by atoms with van der Waals surface area (Å²) < 4.78 is 0. The molecule has 2 aromatic heterocycles. The number of amides is 6. The van der Waals surface area contributed by atoms with Crippen LogP contribution >= 0.6 is 22.7 Å². The van der Waals surface area contributed by atoms with Crippen molar-refractivity contribution in [3.05, 3.63) is 44.8 Å². The van der Waals surface area contributed by atoms with E-state index in [-0.39, 0.29) is 0 Å². The Kier molecular flexibility index (Phi) is 3.58. The van der Waals surface area contributed by atoms with Crippen LogP contribution in [-0.4, -0.2) is 23.9 Å². The van der Waals surface area contributed by atoms with Crippen LogP contribution in [0.25, 0.3) is 0 Å². The van der Waals surface area contributed by atoms with Gasteiger partial charge in [0.25, 0.3) is 0 Å². The largest absolute Gasteiger partial charge is 0.329 e. The van der Waals surface area contributed by atoms with Crippen molar-refractivity contribution in [3.63, 3.8) is 0 Å². The lowest BCUT2D eigenvalue weighted by Crippen LogP contribution is -2.73. The minimum Gasteiger partial charge on any atom is -0.329 e. The van der Waals surface area contributed by atoms with Crippen LogP contribution in [0.2, 0.25) is 0 Å². The number of urea groups is 2. The first-order valence-electron chi connectivity index (χ1n) is 7.34. The number of hydrogen-bond donors (Lipinski definition) is 4. The molecule has 0 aromatic carbocycles. The highest BCUT2D eigenvalue weighted by atomic mass is 32.1. The van der Waals surface area contributed by atoms with Gasteiger partial charge in [-0.25, -0.2) is 9.59 Å². The maximum absolute atomic E-state index is 12.9. The third-order valence-electron chi connectivity index (χ3n) is 4.32. The molecule has 2 aliphatic rings. The molecule has 0 aliphatic carbocycles. The van der Waals surface area contributed by atoms with Crippen LogP contribution in [0.5, 0.6) is 0 Å². The standard InChI is InChI=1S/C15H12N4O4S2/c20-11-15(12(21)19-14(23)18-11)9(7-3-1-5-24-7)16-13(22)17-10(15)8-4-2-6-25-8/h1-6,9-10H,(H2,16,17,22)(H2,18,19,20,21,23). The van der Waals surface area contributed by atoms with Crippen molar-refractivity contribution in [2.24, 2.45) is 5.41 Å². The smallest absolute Gasteiger partial charge is 0.328 e. The second-order valence-electron chi connectivity index (χ2n) is 5.62. The molecule has 0 saturated carbocycles. The lowest BCUT2D eigenvalue weighted by molar-refractivity contribution is -0.150. The maximum Gasteiger partial charge on any atom is 0.328 e. The van der Waals surface area contributed by atoms with Crippen molar-refractivity contribution in [1.29, 1.82) is 0 Å². The first-order valence-corrected chi connectivity index (χ1v) is 9.10. The third-order valence-corrected chi connectivity index (χ3v) is 6.20. The summed E-state index contributed by atoms with van der Waals surface area (Å²) in [6.07, 6.45) is 0. The van der Waals surface area contributed by atoms with Crippen LogP contribution in [0.3, 0.4) is 0 Å². The molecule has 2 saturated heterocycles. The minimum atomic E-state index is -1.72. The number of hydrogen-bond acceptors (Lipinski definition) is 6. The molecule has 8 nitrogen and oxygen atoms in total. The number of carbonyl (C=O) groups excluding carboxylic acids is 4. The van der Waals surface area contributed by atoms with E-state index in [1.54, 1.807) is 35.0 Å². The highest BCUT2D eigenvalue weighted by molar-refractivity contribution is 7.10. The van der Waals surface area contributed by atoms with Gasteiger partial charge in [0.05, 0.1) is 12.1 Å². The van der Waals surface area contributed by atoms with Crippen LogP contribution in [0.15, 0.2) is 35.0 Å². The Bertz CT molecular complexity index is 794. The fraction of sp³-hybridized carbons (Fsp3) is 0.200. The van der Waals surface area contributed by atoms with E-state index in [1.807, 2.05) is 0 Å². The van der Waals surface area contributed by atoms with E-state index in [9.17, 15) is 19.2 Å². The summed E-state index contributed by atoms with van der Waals surface area (Å²) in [4.78, 5) is 51.0. The fourth-order valence-electron chi connectivity index (χ4n) is 3.27. The van der Waals surface area contributed by atoms with Crippen LogP contribution < -0.4 is 21.3 Å². The summed E-state index contributed by atoms with van der Waals surface area (Å²) in [5.74, 6) is -1.49. The monoisotopic (exact) mass is 376 g/mol. The first kappa shape index (κ1) is 15.8. The van der Waals surface area contributed by atoms with Gasteiger partial charge in [0, 0.05) is 9.75 Å². The minimum absolute atomic E-state index is 0.486. The van der Waals surface area contributed by atoms with Gasteiger partial charge in [0.2, 0.25) is 11.8 Å². The summed E-state index contributed by atoms with van der Waals surface area (Å²) in [6, 6.07) is 3.86. The second kappa shape index (κ2) is 5.67. The van der Waals surface area contributed by atoms with Gasteiger partial charge in [-0.05, 0) is 22.9 Å². The molecule has 0 bridgehead atoms. The highest BCUT2D eigenvalue weighted by Crippen LogP contribution is 2.49. The van der Waals surface area contributed by atoms with Gasteiger partial charge in [-0.1, -0.05) is 12.1 Å². The van der Waals surface area contributed by atoms with Crippen molar-refractivity contribution in [2.45, 2.75) is 12.1 Å². The van der Waals surface area contributed by atoms with E-state index in [4.69, 9.17) is 0 Å². The first-order chi connectivity index (χ1) is 12.0. The summed E-state index contributed by atoms with van der Waals surface area (Å²) in [5.41, 5.74) is -1.72. The molecule has 2 unspecified atom stereocenters. The molecular weight excluding hydrogens is 364 g/mol. The van der Waals surface area contributed by atoms with E-state index in [1.165, 1.54) is 22.7 Å². The van der Waals surface area contributed by atoms with Crippen LogP contribution in [-0.2, 0) is 9.59 Å². The van der Waals surface area contributed by atoms with Gasteiger partial charge in [-0.2, -0.15) is 0 Å². The lowest BCUT2D eigenvalue weighted by atomic mass is 9.68. The Morgan fingerprint density at radius 3 is 1.64 bits per heavy atom. The Balaban J connectivity index is 1.94. The quantitative estimate of drug-likeness (QED) is 0.590. The molecule has 128 valence electrons. The average Bonchev–Trinajstić information content (AvgIpc) is 3.26. The van der Waals surface area contributed by atoms with Crippen molar-refractivity contribution >= 4 is 46.6 Å². The number of rotatable bonds is 2. The number of carbonyl (C=O) groups is 4. The molecule has 6 amide bonds. The van der Waals surface area contributed by atoms with Crippen molar-refractivity contribution in [2.75, 3.05) is 0 Å². The molecule has 4 rings (SSSR count). The summed E-state index contributed by atoms with van der Waals surface area (Å²) in [7, 11) is 0. The predicted octanol–water partition coefficient (Wildman–Crippen LogP) is 1.26. The summed E-state index contributed by atoms with van der Waals surface area (Å²) in [6.45, 7) is 0. The topological polar surface area (TPSA) is 116 Å². The second-order valence-corrected chi connectivity index (χ2v) is 7.58. The number of nitrogens with one attached hydrogen (secondary N) is 4. The van der Waals surface area contributed by atoms with Crippen LogP contribution in [0, 0.1) is 5.41 Å². The molecule has 1 spiro atoms. The normalized spacial score (nSPS) is 25.1. The van der Waals surface area contributed by atoms with E-state index in [2.05, 4.69) is 21.3 Å². The average molecular weight is 376 g/mol. The molecule has 4 N–H and O–H groups in total. The van der Waals surface area contributed by atoms with E-state index in [0.717, 1.165) is 0 Å². The highest BCUT2D eigenvalue weighted by Gasteiger charge is 2.64. The van der Waals surface area contributed by atoms with Crippen molar-refractivity contribution in [1.82, 2.24) is 21.3 Å². The lowest BCUT2D eigenvalue weighted by Gasteiger charge is -2.47. The van der Waals surface area contributed by atoms with E-state index < -0.39 is 41.4 Å². The molecule has 2 aromatic rings. The zero-order valence-corrected chi connectivity index (χ0v) is 14.2. The SMILES string of the molecule is O=C1NC(=O)C2(C(=O)N1)C(c1cccs1)NC(=O)NC2c1cccs1.